The molecule has 0 saturated heterocycles. The van der Waals surface area contributed by atoms with Gasteiger partial charge in [0, 0.05) is 13.1 Å². The van der Waals surface area contributed by atoms with Gasteiger partial charge < -0.3 is 19.2 Å². The van der Waals surface area contributed by atoms with E-state index in [0.29, 0.717) is 6.54 Å². The molecular formula is C12H17NO3. The number of carbonyl (C=O) groups is 1. The van der Waals surface area contributed by atoms with Gasteiger partial charge in [0.25, 0.3) is 0 Å². The van der Waals surface area contributed by atoms with E-state index in [2.05, 4.69) is 0 Å². The Bertz CT molecular complexity index is 377. The highest BCUT2D eigenvalue weighted by atomic mass is 16.5. The molecule has 1 aromatic rings. The van der Waals surface area contributed by atoms with Crippen LogP contribution in [0, 0.1) is 6.92 Å². The lowest BCUT2D eigenvalue weighted by Crippen LogP contribution is -2.20. The number of methoxy groups -OCH3 is 2. The summed E-state index contributed by atoms with van der Waals surface area (Å²) >= 11 is 0. The zero-order chi connectivity index (χ0) is 12.1. The molecule has 0 amide bonds. The molecule has 0 aliphatic heterocycles. The topological polar surface area (TPSA) is 38.8 Å². The third kappa shape index (κ3) is 2.45. The molecule has 0 radical (unpaired) electrons. The SMILES string of the molecule is COc1cc(N(C)CC=O)c(OC)cc1C. The molecule has 4 nitrogen and oxygen atoms in total. The van der Waals surface area contributed by atoms with Gasteiger partial charge in [0.15, 0.2) is 0 Å². The van der Waals surface area contributed by atoms with E-state index < -0.39 is 0 Å². The summed E-state index contributed by atoms with van der Waals surface area (Å²) in [5, 5.41) is 0. The normalized spacial score (nSPS) is 9.75. The minimum atomic E-state index is 0.322. The lowest BCUT2D eigenvalue weighted by atomic mass is 10.1. The van der Waals surface area contributed by atoms with Gasteiger partial charge in [-0.1, -0.05) is 0 Å². The molecule has 16 heavy (non-hydrogen) atoms. The van der Waals surface area contributed by atoms with E-state index in [0.717, 1.165) is 29.0 Å². The van der Waals surface area contributed by atoms with Crippen molar-refractivity contribution < 1.29 is 14.3 Å². The quantitative estimate of drug-likeness (QED) is 0.711. The zero-order valence-electron chi connectivity index (χ0n) is 10.1. The molecular weight excluding hydrogens is 206 g/mol. The van der Waals surface area contributed by atoms with E-state index in [1.54, 1.807) is 14.2 Å². The smallest absolute Gasteiger partial charge is 0.142 e. The van der Waals surface area contributed by atoms with Crippen molar-refractivity contribution in [1.82, 2.24) is 0 Å². The second-order valence-corrected chi connectivity index (χ2v) is 3.54. The van der Waals surface area contributed by atoms with Crippen LogP contribution in [0.25, 0.3) is 0 Å². The van der Waals surface area contributed by atoms with Crippen molar-refractivity contribution in [2.75, 3.05) is 32.7 Å². The van der Waals surface area contributed by atoms with Gasteiger partial charge in [-0.2, -0.15) is 0 Å². The molecule has 0 N–H and O–H groups in total. The van der Waals surface area contributed by atoms with E-state index in [4.69, 9.17) is 9.47 Å². The van der Waals surface area contributed by atoms with E-state index in [9.17, 15) is 4.79 Å². The van der Waals surface area contributed by atoms with Crippen LogP contribution in [-0.2, 0) is 4.79 Å². The minimum absolute atomic E-state index is 0.322. The predicted molar refractivity (Wildman–Crippen MR) is 63.6 cm³/mol. The maximum absolute atomic E-state index is 10.5. The van der Waals surface area contributed by atoms with Crippen LogP contribution in [0.15, 0.2) is 12.1 Å². The van der Waals surface area contributed by atoms with Crippen molar-refractivity contribution in [2.24, 2.45) is 0 Å². The molecule has 1 rings (SSSR count). The molecule has 0 heterocycles. The fraction of sp³-hybridized carbons (Fsp3) is 0.417. The van der Waals surface area contributed by atoms with Crippen LogP contribution in [0.5, 0.6) is 11.5 Å². The average Bonchev–Trinajstić information content (AvgIpc) is 2.28. The summed E-state index contributed by atoms with van der Waals surface area (Å²) in [5.74, 6) is 1.52. The van der Waals surface area contributed by atoms with E-state index >= 15 is 0 Å². The van der Waals surface area contributed by atoms with Crippen molar-refractivity contribution in [3.8, 4) is 11.5 Å². The van der Waals surface area contributed by atoms with Crippen LogP contribution in [-0.4, -0.2) is 34.1 Å². The molecule has 88 valence electrons. The van der Waals surface area contributed by atoms with Crippen LogP contribution in [0.3, 0.4) is 0 Å². The molecule has 0 unspecified atom stereocenters. The highest BCUT2D eigenvalue weighted by Crippen LogP contribution is 2.34. The first-order valence-electron chi connectivity index (χ1n) is 5.01. The van der Waals surface area contributed by atoms with Crippen LogP contribution < -0.4 is 14.4 Å². The Morgan fingerprint density at radius 3 is 2.38 bits per heavy atom. The van der Waals surface area contributed by atoms with Crippen LogP contribution in [0.1, 0.15) is 5.56 Å². The molecule has 0 atom stereocenters. The van der Waals surface area contributed by atoms with Crippen molar-refractivity contribution in [1.29, 1.82) is 0 Å². The minimum Gasteiger partial charge on any atom is -0.496 e. The third-order valence-corrected chi connectivity index (χ3v) is 2.46. The van der Waals surface area contributed by atoms with E-state index in [1.165, 1.54) is 0 Å². The summed E-state index contributed by atoms with van der Waals surface area (Å²) < 4.78 is 10.5. The highest BCUT2D eigenvalue weighted by molar-refractivity contribution is 5.68. The average molecular weight is 223 g/mol. The first-order valence-corrected chi connectivity index (χ1v) is 5.01. The summed E-state index contributed by atoms with van der Waals surface area (Å²) in [6.07, 6.45) is 0.853. The van der Waals surface area contributed by atoms with Gasteiger partial charge in [-0.05, 0) is 18.6 Å². The summed E-state index contributed by atoms with van der Waals surface area (Å²) in [6.45, 7) is 2.27. The van der Waals surface area contributed by atoms with Crippen LogP contribution in [0.2, 0.25) is 0 Å². The molecule has 0 bridgehead atoms. The lowest BCUT2D eigenvalue weighted by molar-refractivity contribution is -0.106. The highest BCUT2D eigenvalue weighted by Gasteiger charge is 2.11. The Balaban J connectivity index is 3.18. The number of hydrogen-bond acceptors (Lipinski definition) is 4. The Kier molecular flexibility index (Phi) is 4.17. The summed E-state index contributed by atoms with van der Waals surface area (Å²) in [4.78, 5) is 12.3. The number of hydrogen-bond donors (Lipinski definition) is 0. The summed E-state index contributed by atoms with van der Waals surface area (Å²) in [7, 11) is 5.07. The number of aryl methyl sites for hydroxylation is 1. The molecule has 0 spiro atoms. The second-order valence-electron chi connectivity index (χ2n) is 3.54. The predicted octanol–water partition coefficient (Wildman–Crippen LogP) is 1.65. The van der Waals surface area contributed by atoms with Crippen molar-refractivity contribution in [3.63, 3.8) is 0 Å². The van der Waals surface area contributed by atoms with Gasteiger partial charge in [-0.25, -0.2) is 0 Å². The number of rotatable bonds is 5. The van der Waals surface area contributed by atoms with E-state index in [1.807, 2.05) is 31.0 Å². The van der Waals surface area contributed by atoms with Gasteiger partial charge in [0.1, 0.15) is 17.8 Å². The van der Waals surface area contributed by atoms with Gasteiger partial charge in [0.2, 0.25) is 0 Å². The number of aldehydes is 1. The number of carbonyl (C=O) groups excluding carboxylic acids is 1. The largest absolute Gasteiger partial charge is 0.496 e. The fourth-order valence-corrected chi connectivity index (χ4v) is 1.54. The fourth-order valence-electron chi connectivity index (χ4n) is 1.54. The standard InChI is InChI=1S/C12H17NO3/c1-9-7-12(16-4)10(8-11(9)15-3)13(2)5-6-14/h6-8H,5H2,1-4H3. The molecule has 1 aromatic carbocycles. The Labute approximate surface area is 95.8 Å². The Morgan fingerprint density at radius 2 is 1.88 bits per heavy atom. The molecule has 0 aliphatic rings. The number of nitrogens with zero attached hydrogens (tertiary/aromatic N) is 1. The van der Waals surface area contributed by atoms with Crippen LogP contribution >= 0.6 is 0 Å². The maximum atomic E-state index is 10.5. The molecule has 0 fully saturated rings. The van der Waals surface area contributed by atoms with E-state index in [-0.39, 0.29) is 0 Å². The van der Waals surface area contributed by atoms with Crippen LogP contribution in [0.4, 0.5) is 5.69 Å². The van der Waals surface area contributed by atoms with Crippen molar-refractivity contribution in [2.45, 2.75) is 6.92 Å². The molecule has 0 aliphatic carbocycles. The van der Waals surface area contributed by atoms with Gasteiger partial charge >= 0.3 is 0 Å². The lowest BCUT2D eigenvalue weighted by Gasteiger charge is -2.21. The van der Waals surface area contributed by atoms with Gasteiger partial charge in [0.05, 0.1) is 26.5 Å². The monoisotopic (exact) mass is 223 g/mol. The summed E-state index contributed by atoms with van der Waals surface area (Å²) in [6, 6.07) is 3.77. The third-order valence-electron chi connectivity index (χ3n) is 2.46. The second kappa shape index (κ2) is 5.39. The number of likely N-dealkylation sites (N-methyl/N-ethyl adjacent to an activating group) is 1. The van der Waals surface area contributed by atoms with Crippen molar-refractivity contribution >= 4 is 12.0 Å². The molecule has 0 saturated carbocycles. The molecule has 4 heteroatoms. The van der Waals surface area contributed by atoms with Gasteiger partial charge in [-0.15, -0.1) is 0 Å². The van der Waals surface area contributed by atoms with Crippen molar-refractivity contribution in [3.05, 3.63) is 17.7 Å². The Morgan fingerprint density at radius 1 is 1.25 bits per heavy atom. The number of benzene rings is 1. The first kappa shape index (κ1) is 12.4. The Hall–Kier alpha value is -1.71. The number of ether oxygens (including phenoxy) is 2. The number of anilines is 1. The summed E-state index contributed by atoms with van der Waals surface area (Å²) in [5.41, 5.74) is 1.85. The first-order chi connectivity index (χ1) is 7.63. The van der Waals surface area contributed by atoms with Gasteiger partial charge in [-0.3, -0.25) is 0 Å². The zero-order valence-corrected chi connectivity index (χ0v) is 10.1. The molecule has 0 aromatic heterocycles. The maximum Gasteiger partial charge on any atom is 0.142 e.